The number of ether oxygens (including phenoxy) is 2. The highest BCUT2D eigenvalue weighted by molar-refractivity contribution is 7.79. The molecule has 0 amide bonds. The SMILES string of the molecule is C/C=C(\C=C/CC)C(Oc1cc(C=O)ccc1COCCCc1ccc(F)cc1)c1ccccc1.C/C=C\C.CC.CC/C=C/CC1C=CC=CC1.CS.CS. The van der Waals surface area contributed by atoms with Crippen LogP contribution >= 0.6 is 25.3 Å². The number of hydrogen-bond donors (Lipinski definition) is 2. The van der Waals surface area contributed by atoms with Gasteiger partial charge >= 0.3 is 0 Å². The van der Waals surface area contributed by atoms with Gasteiger partial charge in [0.05, 0.1) is 6.61 Å². The lowest BCUT2D eigenvalue weighted by Gasteiger charge is -2.23. The van der Waals surface area contributed by atoms with Crippen molar-refractivity contribution in [1.82, 2.24) is 0 Å². The molecule has 0 fully saturated rings. The molecule has 0 heterocycles. The van der Waals surface area contributed by atoms with E-state index in [4.69, 9.17) is 9.47 Å². The van der Waals surface area contributed by atoms with E-state index >= 15 is 0 Å². The third kappa shape index (κ3) is 25.3. The molecule has 0 bridgehead atoms. The lowest BCUT2D eigenvalue weighted by atomic mass is 9.97. The molecule has 0 aliphatic heterocycles. The lowest BCUT2D eigenvalue weighted by Crippen LogP contribution is -2.12. The van der Waals surface area contributed by atoms with Crippen LogP contribution in [0.5, 0.6) is 5.75 Å². The van der Waals surface area contributed by atoms with Crippen LogP contribution in [-0.4, -0.2) is 25.4 Å². The fourth-order valence-corrected chi connectivity index (χ4v) is 5.00. The molecule has 3 nitrogen and oxygen atoms in total. The molecule has 0 radical (unpaired) electrons. The van der Waals surface area contributed by atoms with Crippen LogP contribution in [0.1, 0.15) is 114 Å². The molecule has 0 saturated heterocycles. The molecule has 3 aromatic rings. The van der Waals surface area contributed by atoms with Gasteiger partial charge in [0.1, 0.15) is 24.0 Å². The molecule has 308 valence electrons. The number of halogens is 1. The zero-order valence-electron chi connectivity index (χ0n) is 35.7. The fourth-order valence-electron chi connectivity index (χ4n) is 5.00. The summed E-state index contributed by atoms with van der Waals surface area (Å²) in [5.41, 5.74) is 4.59. The van der Waals surface area contributed by atoms with Crippen LogP contribution in [0.4, 0.5) is 4.39 Å². The third-order valence-electron chi connectivity index (χ3n) is 7.93. The van der Waals surface area contributed by atoms with Gasteiger partial charge in [-0.15, -0.1) is 0 Å². The van der Waals surface area contributed by atoms with Crippen molar-refractivity contribution in [2.24, 2.45) is 5.92 Å². The molecule has 2 atom stereocenters. The Morgan fingerprint density at radius 3 is 2.07 bits per heavy atom. The number of allylic oxidation sites excluding steroid dienone is 10. The zero-order chi connectivity index (χ0) is 42.2. The van der Waals surface area contributed by atoms with Gasteiger partial charge in [0.2, 0.25) is 0 Å². The van der Waals surface area contributed by atoms with Crippen LogP contribution < -0.4 is 4.74 Å². The fraction of sp³-hybridized carbons (Fsp3) is 0.380. The maximum absolute atomic E-state index is 13.1. The number of carbonyl (C=O) groups is 1. The molecule has 1 aliphatic rings. The Morgan fingerprint density at radius 1 is 0.857 bits per heavy atom. The highest BCUT2D eigenvalue weighted by atomic mass is 32.1. The topological polar surface area (TPSA) is 35.5 Å². The van der Waals surface area contributed by atoms with Crippen LogP contribution in [-0.2, 0) is 17.8 Å². The molecule has 2 unspecified atom stereocenters. The van der Waals surface area contributed by atoms with E-state index in [-0.39, 0.29) is 11.9 Å². The molecule has 0 aromatic heterocycles. The summed E-state index contributed by atoms with van der Waals surface area (Å²) in [6.07, 6.45) is 33.6. The van der Waals surface area contributed by atoms with Crippen molar-refractivity contribution >= 4 is 31.5 Å². The Bertz CT molecular complexity index is 1540. The molecule has 6 heteroatoms. The third-order valence-corrected chi connectivity index (χ3v) is 7.93. The zero-order valence-corrected chi connectivity index (χ0v) is 37.5. The van der Waals surface area contributed by atoms with Gasteiger partial charge in [0, 0.05) is 17.7 Å². The number of aryl methyl sites for hydroxylation is 1. The van der Waals surface area contributed by atoms with Crippen molar-refractivity contribution in [3.05, 3.63) is 173 Å². The largest absolute Gasteiger partial charge is 0.481 e. The van der Waals surface area contributed by atoms with Crippen molar-refractivity contribution in [2.75, 3.05) is 19.1 Å². The number of benzene rings is 3. The maximum atomic E-state index is 13.1. The summed E-state index contributed by atoms with van der Waals surface area (Å²) in [6.45, 7) is 15.2. The maximum Gasteiger partial charge on any atom is 0.150 e. The number of carbonyl (C=O) groups excluding carboxylic acids is 1. The van der Waals surface area contributed by atoms with Gasteiger partial charge < -0.3 is 9.47 Å². The molecular formula is C50H71FO3S2. The van der Waals surface area contributed by atoms with Crippen molar-refractivity contribution < 1.29 is 18.7 Å². The molecule has 56 heavy (non-hydrogen) atoms. The van der Waals surface area contributed by atoms with Gasteiger partial charge in [-0.3, -0.25) is 4.79 Å². The van der Waals surface area contributed by atoms with Crippen LogP contribution in [0.15, 0.2) is 145 Å². The van der Waals surface area contributed by atoms with Gasteiger partial charge in [-0.1, -0.05) is 149 Å². The second-order valence-corrected chi connectivity index (χ2v) is 11.9. The van der Waals surface area contributed by atoms with E-state index < -0.39 is 0 Å². The molecule has 0 N–H and O–H groups in total. The number of thiol groups is 2. The van der Waals surface area contributed by atoms with Gasteiger partial charge in [0.25, 0.3) is 0 Å². The second kappa shape index (κ2) is 39.4. The Kier molecular flexibility index (Phi) is 38.2. The minimum Gasteiger partial charge on any atom is -0.481 e. The summed E-state index contributed by atoms with van der Waals surface area (Å²) in [4.78, 5) is 11.5. The lowest BCUT2D eigenvalue weighted by molar-refractivity contribution is 0.111. The van der Waals surface area contributed by atoms with Gasteiger partial charge in [-0.25, -0.2) is 4.39 Å². The standard InChI is InChI=1S/C31H33FO3.C11H16.C4H8.C2H6.2CH4S/c1-3-5-11-26(4-2)31(27-12-7-6-8-13-27)35-30-21-25(22-33)14-17-28(30)23-34-20-9-10-24-15-18-29(32)19-16-24;1-2-3-5-8-11-9-6-4-7-10-11;1-3-4-2;3*1-2/h4-8,11-19,21-22,31H,3,9-10,20,23H2,1-2H3;3-7,9,11H,2,8,10H2,1H3;3-4H,1-2H3;1-2H3;2*2H,1H3/b11-5-,26-4+;5-3+;4-3-;;;. The average Bonchev–Trinajstić information content (AvgIpc) is 3.27. The monoisotopic (exact) mass is 802 g/mol. The van der Waals surface area contributed by atoms with Crippen LogP contribution in [0.3, 0.4) is 0 Å². The van der Waals surface area contributed by atoms with Crippen molar-refractivity contribution in [1.29, 1.82) is 0 Å². The summed E-state index contributed by atoms with van der Waals surface area (Å²) < 4.78 is 25.6. The summed E-state index contributed by atoms with van der Waals surface area (Å²) in [5.74, 6) is 1.16. The number of hydrogen-bond acceptors (Lipinski definition) is 5. The van der Waals surface area contributed by atoms with Gasteiger partial charge in [-0.2, -0.15) is 25.3 Å². The van der Waals surface area contributed by atoms with E-state index in [2.05, 4.69) is 93.8 Å². The number of rotatable bonds is 16. The van der Waals surface area contributed by atoms with Crippen LogP contribution in [0, 0.1) is 11.7 Å². The van der Waals surface area contributed by atoms with E-state index in [1.165, 1.54) is 25.0 Å². The van der Waals surface area contributed by atoms with Crippen LogP contribution in [0.25, 0.3) is 0 Å². The van der Waals surface area contributed by atoms with Gasteiger partial charge in [-0.05, 0) is 113 Å². The normalized spacial score (nSPS) is 13.4. The summed E-state index contributed by atoms with van der Waals surface area (Å²) in [7, 11) is 0. The first kappa shape index (κ1) is 54.3. The number of aldehydes is 1. The van der Waals surface area contributed by atoms with E-state index in [1.807, 2.05) is 83.2 Å². The first-order valence-electron chi connectivity index (χ1n) is 19.9. The molecule has 3 aromatic carbocycles. The van der Waals surface area contributed by atoms with Crippen molar-refractivity contribution in [2.45, 2.75) is 99.7 Å². The summed E-state index contributed by atoms with van der Waals surface area (Å²) in [5, 5.41) is 0. The Labute approximate surface area is 352 Å². The Hall–Kier alpha value is -3.84. The van der Waals surface area contributed by atoms with E-state index in [9.17, 15) is 9.18 Å². The predicted molar refractivity (Wildman–Crippen MR) is 251 cm³/mol. The quantitative estimate of drug-likeness (QED) is 0.0498. The minimum absolute atomic E-state index is 0.226. The minimum atomic E-state index is -0.317. The Balaban J connectivity index is 0. The first-order valence-corrected chi connectivity index (χ1v) is 21.7. The Morgan fingerprint density at radius 2 is 1.52 bits per heavy atom. The van der Waals surface area contributed by atoms with Crippen molar-refractivity contribution in [3.8, 4) is 5.75 Å². The highest BCUT2D eigenvalue weighted by Crippen LogP contribution is 2.32. The van der Waals surface area contributed by atoms with Gasteiger partial charge in [0.15, 0.2) is 0 Å². The van der Waals surface area contributed by atoms with Crippen molar-refractivity contribution in [3.63, 3.8) is 0 Å². The predicted octanol–water partition coefficient (Wildman–Crippen LogP) is 15.0. The molecule has 0 saturated carbocycles. The summed E-state index contributed by atoms with van der Waals surface area (Å²) in [6, 6.07) is 22.1. The van der Waals surface area contributed by atoms with E-state index in [0.717, 1.165) is 60.2 Å². The molecule has 0 spiro atoms. The van der Waals surface area contributed by atoms with E-state index in [1.54, 1.807) is 36.8 Å². The highest BCUT2D eigenvalue weighted by Gasteiger charge is 2.19. The molecular weight excluding hydrogens is 732 g/mol. The van der Waals surface area contributed by atoms with E-state index in [0.29, 0.717) is 24.5 Å². The summed E-state index contributed by atoms with van der Waals surface area (Å²) >= 11 is 7.06. The molecule has 1 aliphatic carbocycles. The molecule has 4 rings (SSSR count). The second-order valence-electron chi connectivity index (χ2n) is 11.9. The first-order chi connectivity index (χ1) is 27.5. The smallest absolute Gasteiger partial charge is 0.150 e. The average molecular weight is 803 g/mol. The van der Waals surface area contributed by atoms with Crippen LogP contribution in [0.2, 0.25) is 0 Å².